The number of nitrogens with zero attached hydrogens (tertiary/aromatic N) is 11. The molecule has 6 aromatic carbocycles. The van der Waals surface area contributed by atoms with Crippen LogP contribution in [-0.4, -0.2) is 251 Å². The number of β-amino-alcohol motifs (C(OH)–C–C–N with tert-alkyl or cyclic N) is 1. The first-order chi connectivity index (χ1) is 68.5. The van der Waals surface area contributed by atoms with E-state index in [1.165, 1.54) is 29.2 Å². The van der Waals surface area contributed by atoms with Crippen molar-refractivity contribution < 1.29 is 95.2 Å². The lowest BCUT2D eigenvalue weighted by Crippen LogP contribution is -2.60. The maximum absolute atomic E-state index is 14.2. The molecule has 4 fully saturated rings. The number of piperazine rings is 2. The summed E-state index contributed by atoms with van der Waals surface area (Å²) < 4.78 is 51.2. The zero-order chi connectivity index (χ0) is 104. The lowest BCUT2D eigenvalue weighted by molar-refractivity contribution is -0.145. The number of rotatable bonds is 34. The standard InChI is InChI=1S/C54H63Cl2FN10O10S.C46H48Cl2FN9O8/c1-29-23-65(52(73)35-12-14-36(15-13-35)61-50(71)40-21-42(49(58)64-63-40)77-32(4)45-38(55)16-17-39(57)46(45)56)24-30(2)67(29)44(70)27-76-19-18-75-26-43(69)62-48(54(5,6)7)53(74)66-25-37(68)20-41(66)51(72)59-22-33-8-10-34(11-9-33)47-31(3)60-28-78-47;1-24-22-56(44(63)27-12-14-28(15-13-27)52-42(61)33-21-35(41(50)55-54-33)66-26(3)38-30(47)16-17-31(49)40(38)48)23-25(2)57(24)37(60)11-6-4-5-7-20-51-32-10-8-9-29-39(32)46(65)58(45(29)64)34-18-19-36(59)53-43(34)62/h8-17,21,28-30,32,37,41,48,68H,18-20,22-27H2,1-7H3,(H2,58,64)(H,59,72)(H,61,71)(H,62,69);8-10,12-17,21,24-26,34,51H,4-7,11,18-20,22-23H2,1-3H3,(H2,50,55)(H,52,61)(H,53,59,62)/t29-,30+,32-,37-,41+,48-;24-,25+,26-,34?/m11/s1. The number of unbranched alkanes of at least 4 members (excludes halogenated alkanes) is 3. The third-order valence-corrected chi connectivity index (χ3v) is 27.4. The number of imide groups is 2. The summed E-state index contributed by atoms with van der Waals surface area (Å²) >= 11 is 26.3. The number of anilines is 5. The predicted octanol–water partition coefficient (Wildman–Crippen LogP) is 12.7. The zero-order valence-corrected chi connectivity index (χ0v) is 84.4. The molecule has 11 N–H and O–H groups in total. The molecule has 5 aliphatic rings. The molecule has 144 heavy (non-hydrogen) atoms. The van der Waals surface area contributed by atoms with Crippen LogP contribution in [0.2, 0.25) is 20.1 Å². The Labute approximate surface area is 852 Å². The Hall–Kier alpha value is -13.5. The largest absolute Gasteiger partial charge is 0.482 e. The SMILES string of the molecule is C[C@@H]1CN(C(=O)c2ccc(NC(=O)c3cc(O[C@H](C)c4c(Cl)ccc(F)c4Cl)c(N)nn3)cc2)C[C@H](C)N1C(=O)CCCCCCNc1cccc2c1C(=O)N(C1CCC(=O)NC1=O)C2=O.Cc1ncsc1-c1ccc(CNC(=O)[C@@H]2C[C@@H](O)CN2C(=O)[C@@H](NC(=O)COCCOCC(=O)N2[C@H](C)CN(C(=O)c3ccc(NC(=O)c4cc(O[C@H](C)c5c(Cl)ccc(F)c5Cl)c(N)nn4)cc3)C[C@@H]2C)C(C)(C)C)cc1. The molecule has 0 spiro atoms. The quantitative estimate of drug-likeness (QED) is 0.0103. The second-order valence-corrected chi connectivity index (χ2v) is 39.2. The molecule has 37 nitrogen and oxygen atoms in total. The van der Waals surface area contributed by atoms with Crippen LogP contribution in [0.1, 0.15) is 211 Å². The number of aromatic nitrogens is 5. The number of aryl methyl sites for hydroxylation is 1. The number of nitrogens with two attached hydrogens (primary N) is 2. The average molecular weight is 2080 g/mol. The van der Waals surface area contributed by atoms with Crippen molar-refractivity contribution in [3.63, 3.8) is 0 Å². The number of carbonyl (C=O) groups is 13. The van der Waals surface area contributed by atoms with Gasteiger partial charge in [-0.25, -0.2) is 13.8 Å². The summed E-state index contributed by atoms with van der Waals surface area (Å²) in [5, 5.41) is 42.4. The Kier molecular flexibility index (Phi) is 35.8. The van der Waals surface area contributed by atoms with Crippen molar-refractivity contribution in [1.82, 2.24) is 70.7 Å². The summed E-state index contributed by atoms with van der Waals surface area (Å²) in [6, 6.07) is 28.7. The van der Waals surface area contributed by atoms with E-state index in [-0.39, 0.29) is 190 Å². The minimum Gasteiger partial charge on any atom is -0.482 e. The lowest BCUT2D eigenvalue weighted by Gasteiger charge is -2.44. The number of halogens is 6. The summed E-state index contributed by atoms with van der Waals surface area (Å²) in [7, 11) is 0. The van der Waals surface area contributed by atoms with Crippen LogP contribution in [-0.2, 0) is 49.6 Å². The molecule has 10 atom stereocenters. The number of thiazole rings is 1. The number of nitrogen functional groups attached to an aromatic ring is 2. The van der Waals surface area contributed by atoms with E-state index in [2.05, 4.69) is 57.3 Å². The van der Waals surface area contributed by atoms with E-state index in [0.29, 0.717) is 60.7 Å². The number of piperidine rings is 1. The van der Waals surface area contributed by atoms with Crippen LogP contribution in [0.15, 0.2) is 133 Å². The Morgan fingerprint density at radius 2 is 1.14 bits per heavy atom. The molecule has 3 aromatic heterocycles. The van der Waals surface area contributed by atoms with Gasteiger partial charge in [0.1, 0.15) is 55.2 Å². The fourth-order valence-corrected chi connectivity index (χ4v) is 20.1. The third kappa shape index (κ3) is 26.0. The summed E-state index contributed by atoms with van der Waals surface area (Å²) in [6.45, 7) is 19.1. The fraction of sp³-hybridized carbons (Fsp3) is 0.400. The van der Waals surface area contributed by atoms with Crippen LogP contribution < -0.4 is 52.8 Å². The molecule has 44 heteroatoms. The second kappa shape index (κ2) is 47.8. The van der Waals surface area contributed by atoms with Gasteiger partial charge >= 0.3 is 0 Å². The highest BCUT2D eigenvalue weighted by atomic mass is 35.5. The van der Waals surface area contributed by atoms with Gasteiger partial charge in [0.05, 0.1) is 56.6 Å². The van der Waals surface area contributed by atoms with Crippen LogP contribution >= 0.6 is 57.7 Å². The number of hydrogen-bond donors (Lipinski definition) is 9. The molecule has 4 saturated heterocycles. The van der Waals surface area contributed by atoms with Gasteiger partial charge in [-0.05, 0) is 169 Å². The van der Waals surface area contributed by atoms with Crippen molar-refractivity contribution in [2.24, 2.45) is 5.41 Å². The first-order valence-corrected chi connectivity index (χ1v) is 49.1. The molecule has 5 aliphatic heterocycles. The number of likely N-dealkylation sites (tertiary alicyclic amines) is 1. The Bertz CT molecular complexity index is 6330. The number of aliphatic hydroxyl groups is 1. The molecule has 1 unspecified atom stereocenters. The number of amides is 13. The number of benzene rings is 6. The van der Waals surface area contributed by atoms with E-state index < -0.39 is 113 Å². The van der Waals surface area contributed by atoms with Crippen molar-refractivity contribution in [1.29, 1.82) is 0 Å². The van der Waals surface area contributed by atoms with Crippen molar-refractivity contribution in [3.8, 4) is 21.9 Å². The van der Waals surface area contributed by atoms with Crippen LogP contribution in [0.4, 0.5) is 37.5 Å². The number of carbonyl (C=O) groups excluding carboxylic acids is 13. The van der Waals surface area contributed by atoms with Crippen LogP contribution in [0.25, 0.3) is 10.4 Å². The first kappa shape index (κ1) is 108. The maximum Gasteiger partial charge on any atom is 0.276 e. The molecular weight excluding hydrogens is 1970 g/mol. The molecule has 8 heterocycles. The fourth-order valence-electron chi connectivity index (χ4n) is 17.9. The molecule has 13 amide bonds. The minimum absolute atomic E-state index is 0.00411. The van der Waals surface area contributed by atoms with Crippen molar-refractivity contribution >= 4 is 163 Å². The van der Waals surface area contributed by atoms with E-state index in [0.717, 1.165) is 58.0 Å². The number of aliphatic hydroxyl groups excluding tert-OH is 1. The van der Waals surface area contributed by atoms with Gasteiger partial charge < -0.3 is 86.6 Å². The van der Waals surface area contributed by atoms with Crippen molar-refractivity contribution in [3.05, 3.63) is 221 Å². The average Bonchev–Trinajstić information content (AvgIpc) is 1.60. The molecule has 0 aliphatic carbocycles. The number of hydrogen-bond acceptors (Lipinski definition) is 27. The van der Waals surface area contributed by atoms with Crippen molar-refractivity contribution in [2.75, 3.05) is 93.1 Å². The number of fused-ring (bicyclic) bond motifs is 1. The van der Waals surface area contributed by atoms with Crippen LogP contribution in [0.3, 0.4) is 0 Å². The van der Waals surface area contributed by atoms with Gasteiger partial charge in [-0.1, -0.05) is 110 Å². The third-order valence-electron chi connectivity index (χ3n) is 25.0. The summed E-state index contributed by atoms with van der Waals surface area (Å²) in [5.74, 6) is -7.37. The molecule has 14 rings (SSSR count). The van der Waals surface area contributed by atoms with Gasteiger partial charge in [0, 0.05) is 151 Å². The second-order valence-electron chi connectivity index (χ2n) is 36.8. The minimum atomic E-state index is -1.05. The number of ether oxygens (including phenoxy) is 4. The van der Waals surface area contributed by atoms with Crippen molar-refractivity contribution in [2.45, 2.75) is 188 Å². The summed E-state index contributed by atoms with van der Waals surface area (Å²) in [6.07, 6.45) is 0.912. The van der Waals surface area contributed by atoms with E-state index >= 15 is 0 Å². The van der Waals surface area contributed by atoms with Gasteiger partial charge in [0.15, 0.2) is 34.5 Å². The van der Waals surface area contributed by atoms with Gasteiger partial charge in [0.2, 0.25) is 41.4 Å². The van der Waals surface area contributed by atoms with Crippen LogP contribution in [0, 0.1) is 24.0 Å². The monoisotopic (exact) mass is 2080 g/mol. The van der Waals surface area contributed by atoms with Gasteiger partial charge in [-0.3, -0.25) is 72.5 Å². The lowest BCUT2D eigenvalue weighted by atomic mass is 9.85. The molecule has 0 radical (unpaired) electrons. The highest BCUT2D eigenvalue weighted by molar-refractivity contribution is 7.13. The maximum atomic E-state index is 14.2. The smallest absolute Gasteiger partial charge is 0.276 e. The Morgan fingerprint density at radius 3 is 1.65 bits per heavy atom. The summed E-state index contributed by atoms with van der Waals surface area (Å²) in [5.41, 5.74) is 18.3. The predicted molar refractivity (Wildman–Crippen MR) is 534 cm³/mol. The van der Waals surface area contributed by atoms with Gasteiger partial charge in [-0.15, -0.1) is 31.7 Å². The number of nitrogens with one attached hydrogen (secondary N) is 6. The molecule has 762 valence electrons. The normalized spacial score (nSPS) is 18.5. The summed E-state index contributed by atoms with van der Waals surface area (Å²) in [4.78, 5) is 186. The van der Waals surface area contributed by atoms with E-state index in [1.54, 1.807) is 133 Å². The van der Waals surface area contributed by atoms with Crippen LogP contribution in [0.5, 0.6) is 11.5 Å². The molecule has 9 aromatic rings. The van der Waals surface area contributed by atoms with E-state index in [1.807, 2.05) is 63.8 Å². The van der Waals surface area contributed by atoms with Gasteiger partial charge in [0.25, 0.3) is 35.4 Å². The highest BCUT2D eigenvalue weighted by Crippen LogP contribution is 2.41. The van der Waals surface area contributed by atoms with E-state index in [9.17, 15) is 76.2 Å². The Balaban J connectivity index is 0.000000245. The topological polar surface area (TPSA) is 487 Å². The highest BCUT2D eigenvalue weighted by Gasteiger charge is 2.48. The Morgan fingerprint density at radius 1 is 0.625 bits per heavy atom. The molecule has 0 saturated carbocycles. The van der Waals surface area contributed by atoms with Gasteiger partial charge in [-0.2, -0.15) is 0 Å². The molecular formula is C100H111Cl4F2N19O18S. The first-order valence-electron chi connectivity index (χ1n) is 46.7. The van der Waals surface area contributed by atoms with E-state index in [4.69, 9.17) is 76.8 Å². The molecule has 0 bridgehead atoms. The zero-order valence-electron chi connectivity index (χ0n) is 80.5.